The predicted octanol–water partition coefficient (Wildman–Crippen LogP) is -0.587. The minimum absolute atomic E-state index is 0.0509. The van der Waals surface area contributed by atoms with Crippen LogP contribution in [-0.4, -0.2) is 36.3 Å². The maximum absolute atomic E-state index is 12.1. The summed E-state index contributed by atoms with van der Waals surface area (Å²) in [5.41, 5.74) is 4.21. The van der Waals surface area contributed by atoms with E-state index in [0.717, 1.165) is 10.9 Å². The molecule has 0 aliphatic heterocycles. The number of aryl methyl sites for hydroxylation is 2. The molecule has 21 heavy (non-hydrogen) atoms. The molecular weight excluding hydrogens is 282 g/mol. The molecule has 2 aromatic rings. The van der Waals surface area contributed by atoms with E-state index in [9.17, 15) is 19.7 Å². The Morgan fingerprint density at radius 2 is 1.81 bits per heavy atom. The van der Waals surface area contributed by atoms with Gasteiger partial charge in [0.05, 0.1) is 10.6 Å². The lowest BCUT2D eigenvalue weighted by atomic mass is 10.3. The molecule has 0 saturated heterocycles. The van der Waals surface area contributed by atoms with Crippen molar-refractivity contribution in [1.29, 1.82) is 0 Å². The van der Waals surface area contributed by atoms with Gasteiger partial charge in [-0.1, -0.05) is 0 Å². The van der Waals surface area contributed by atoms with Crippen molar-refractivity contribution in [3.8, 4) is 0 Å². The minimum atomic E-state index is -0.835. The van der Waals surface area contributed by atoms with Crippen LogP contribution in [-0.2, 0) is 14.1 Å². The van der Waals surface area contributed by atoms with Gasteiger partial charge >= 0.3 is 5.69 Å². The summed E-state index contributed by atoms with van der Waals surface area (Å²) in [5, 5.41) is 20.7. The molecule has 0 spiro atoms. The summed E-state index contributed by atoms with van der Waals surface area (Å²) in [5.74, 6) is -1.67. The van der Waals surface area contributed by atoms with E-state index >= 15 is 0 Å². The van der Waals surface area contributed by atoms with Gasteiger partial charge in [0.2, 0.25) is 5.69 Å². The number of hydrogen-bond acceptors (Lipinski definition) is 6. The highest BCUT2D eigenvalue weighted by atomic mass is 16.6. The van der Waals surface area contributed by atoms with Crippen LogP contribution < -0.4 is 11.1 Å². The summed E-state index contributed by atoms with van der Waals surface area (Å²) in [6.07, 6.45) is 2.46. The number of nitrogens with zero attached hydrogens (tertiary/aromatic N) is 5. The van der Waals surface area contributed by atoms with Crippen LogP contribution in [0.3, 0.4) is 0 Å². The van der Waals surface area contributed by atoms with Crippen molar-refractivity contribution in [2.24, 2.45) is 19.8 Å². The van der Waals surface area contributed by atoms with Crippen LogP contribution in [0.25, 0.3) is 0 Å². The van der Waals surface area contributed by atoms with Gasteiger partial charge in [0.15, 0.2) is 5.69 Å². The van der Waals surface area contributed by atoms with Gasteiger partial charge in [0.25, 0.3) is 11.8 Å². The van der Waals surface area contributed by atoms with Crippen LogP contribution in [0.1, 0.15) is 21.0 Å². The van der Waals surface area contributed by atoms with E-state index in [4.69, 9.17) is 5.73 Å². The summed E-state index contributed by atoms with van der Waals surface area (Å²) in [7, 11) is 2.98. The van der Waals surface area contributed by atoms with Crippen molar-refractivity contribution in [3.63, 3.8) is 0 Å². The third kappa shape index (κ3) is 2.70. The Bertz CT molecular complexity index is 745. The third-order valence-electron chi connectivity index (χ3n) is 2.53. The van der Waals surface area contributed by atoms with Crippen molar-refractivity contribution in [2.75, 3.05) is 5.32 Å². The second kappa shape index (κ2) is 5.03. The Morgan fingerprint density at radius 3 is 2.38 bits per heavy atom. The van der Waals surface area contributed by atoms with Crippen molar-refractivity contribution in [1.82, 2.24) is 19.6 Å². The molecule has 0 aliphatic rings. The molecule has 0 unspecified atom stereocenters. The molecule has 11 heteroatoms. The van der Waals surface area contributed by atoms with Crippen LogP contribution in [0.15, 0.2) is 12.4 Å². The third-order valence-corrected chi connectivity index (χ3v) is 2.53. The maximum atomic E-state index is 12.1. The second-order valence-corrected chi connectivity index (χ2v) is 4.18. The normalized spacial score (nSPS) is 10.4. The summed E-state index contributed by atoms with van der Waals surface area (Å²) in [6.45, 7) is 0. The minimum Gasteiger partial charge on any atom is -0.364 e. The molecule has 2 amide bonds. The lowest BCUT2D eigenvalue weighted by Gasteiger charge is -2.00. The van der Waals surface area contributed by atoms with E-state index in [1.165, 1.54) is 25.0 Å². The fourth-order valence-electron chi connectivity index (χ4n) is 1.71. The summed E-state index contributed by atoms with van der Waals surface area (Å²) in [4.78, 5) is 33.4. The highest BCUT2D eigenvalue weighted by Gasteiger charge is 2.26. The number of aromatic nitrogens is 4. The number of nitrogens with one attached hydrogen (secondary N) is 1. The fourth-order valence-corrected chi connectivity index (χ4v) is 1.71. The summed E-state index contributed by atoms with van der Waals surface area (Å²) in [6, 6.07) is 0. The number of carbonyl (C=O) groups is 2. The topological polar surface area (TPSA) is 151 Å². The molecule has 2 heterocycles. The number of anilines is 1. The number of primary amides is 1. The first kappa shape index (κ1) is 14.2. The zero-order valence-electron chi connectivity index (χ0n) is 11.1. The molecule has 0 radical (unpaired) electrons. The number of hydrogen-bond donors (Lipinski definition) is 2. The molecule has 2 rings (SSSR count). The highest BCUT2D eigenvalue weighted by molar-refractivity contribution is 6.08. The largest absolute Gasteiger partial charge is 0.364 e. The molecule has 110 valence electrons. The Labute approximate surface area is 117 Å². The lowest BCUT2D eigenvalue weighted by Crippen LogP contribution is -2.19. The number of carbonyl (C=O) groups excluding carboxylic acids is 2. The Balaban J connectivity index is 2.35. The van der Waals surface area contributed by atoms with Crippen LogP contribution in [0.2, 0.25) is 0 Å². The zero-order chi connectivity index (χ0) is 15.7. The molecule has 11 nitrogen and oxygen atoms in total. The quantitative estimate of drug-likeness (QED) is 0.568. The molecule has 0 atom stereocenters. The van der Waals surface area contributed by atoms with Gasteiger partial charge in [0, 0.05) is 20.3 Å². The maximum Gasteiger partial charge on any atom is 0.320 e. The first-order valence-electron chi connectivity index (χ1n) is 5.62. The van der Waals surface area contributed by atoms with Crippen molar-refractivity contribution in [2.45, 2.75) is 0 Å². The molecule has 0 fully saturated rings. The van der Waals surface area contributed by atoms with Crippen molar-refractivity contribution < 1.29 is 14.5 Å². The SMILES string of the molecule is Cn1cc(NC(=O)c2nn(C)cc2[N+](=O)[O-])c(C(N)=O)n1. The first-order valence-corrected chi connectivity index (χ1v) is 5.62. The monoisotopic (exact) mass is 293 g/mol. The number of nitrogens with two attached hydrogens (primary N) is 1. The first-order chi connectivity index (χ1) is 9.79. The van der Waals surface area contributed by atoms with Gasteiger partial charge in [-0.2, -0.15) is 10.2 Å². The van der Waals surface area contributed by atoms with E-state index in [1.807, 2.05) is 0 Å². The van der Waals surface area contributed by atoms with E-state index < -0.39 is 22.4 Å². The van der Waals surface area contributed by atoms with Crippen LogP contribution in [0.4, 0.5) is 11.4 Å². The van der Waals surface area contributed by atoms with Crippen LogP contribution >= 0.6 is 0 Å². The van der Waals surface area contributed by atoms with E-state index in [0.29, 0.717) is 0 Å². The molecule has 2 aromatic heterocycles. The summed E-state index contributed by atoms with van der Waals surface area (Å²) < 4.78 is 2.42. The van der Waals surface area contributed by atoms with Crippen molar-refractivity contribution in [3.05, 3.63) is 33.9 Å². The molecule has 0 aromatic carbocycles. The standard InChI is InChI=1S/C10H11N7O4/c1-15-3-5(7(13-15)9(11)18)12-10(19)8-6(17(20)21)4-16(2)14-8/h3-4H,1-2H3,(H2,11,18)(H,12,19). The smallest absolute Gasteiger partial charge is 0.320 e. The van der Waals surface area contributed by atoms with Gasteiger partial charge < -0.3 is 11.1 Å². The average molecular weight is 293 g/mol. The molecule has 0 aliphatic carbocycles. The van der Waals surface area contributed by atoms with Crippen molar-refractivity contribution >= 4 is 23.2 Å². The van der Waals surface area contributed by atoms with E-state index in [-0.39, 0.29) is 17.1 Å². The Morgan fingerprint density at radius 1 is 1.24 bits per heavy atom. The molecular formula is C10H11N7O4. The van der Waals surface area contributed by atoms with E-state index in [1.54, 1.807) is 0 Å². The predicted molar refractivity (Wildman–Crippen MR) is 69.5 cm³/mol. The molecule has 0 bridgehead atoms. The Hall–Kier alpha value is -3.24. The van der Waals surface area contributed by atoms with E-state index in [2.05, 4.69) is 15.5 Å². The Kier molecular flexibility index (Phi) is 3.40. The molecule has 0 saturated carbocycles. The number of rotatable bonds is 4. The van der Waals surface area contributed by atoms with Gasteiger partial charge in [-0.25, -0.2) is 0 Å². The fraction of sp³-hybridized carbons (Fsp3) is 0.200. The van der Waals surface area contributed by atoms with Gasteiger partial charge in [-0.15, -0.1) is 0 Å². The number of amides is 2. The van der Waals surface area contributed by atoms with Gasteiger partial charge in [-0.3, -0.25) is 29.1 Å². The second-order valence-electron chi connectivity index (χ2n) is 4.18. The summed E-state index contributed by atoms with van der Waals surface area (Å²) >= 11 is 0. The van der Waals surface area contributed by atoms with Gasteiger partial charge in [-0.05, 0) is 0 Å². The van der Waals surface area contributed by atoms with Gasteiger partial charge in [0.1, 0.15) is 6.20 Å². The zero-order valence-corrected chi connectivity index (χ0v) is 11.1. The highest BCUT2D eigenvalue weighted by Crippen LogP contribution is 2.19. The number of nitro groups is 1. The van der Waals surface area contributed by atoms with Crippen LogP contribution in [0.5, 0.6) is 0 Å². The van der Waals surface area contributed by atoms with Crippen LogP contribution in [0, 0.1) is 10.1 Å². The average Bonchev–Trinajstić information content (AvgIpc) is 2.92. The lowest BCUT2D eigenvalue weighted by molar-refractivity contribution is -0.385. The molecule has 3 N–H and O–H groups in total.